The highest BCUT2D eigenvalue weighted by Crippen LogP contribution is 2.30. The van der Waals surface area contributed by atoms with Gasteiger partial charge in [0.05, 0.1) is 0 Å². The first-order chi connectivity index (χ1) is 13.5. The molecule has 0 spiro atoms. The second kappa shape index (κ2) is 11.9. The molecular weight excluding hydrogens is 493 g/mol. The van der Waals surface area contributed by atoms with E-state index in [1.807, 2.05) is 18.4 Å². The van der Waals surface area contributed by atoms with Crippen LogP contribution in [0.15, 0.2) is 17.1 Å². The highest BCUT2D eigenvalue weighted by atomic mass is 127. The summed E-state index contributed by atoms with van der Waals surface area (Å²) in [5, 5.41) is 7.31. The van der Waals surface area contributed by atoms with E-state index in [1.54, 1.807) is 0 Å². The maximum atomic E-state index is 4.52. The van der Waals surface area contributed by atoms with E-state index in [4.69, 9.17) is 0 Å². The molecule has 1 atom stereocenters. The molecule has 2 fully saturated rings. The summed E-state index contributed by atoms with van der Waals surface area (Å²) in [6, 6.07) is 4.83. The summed E-state index contributed by atoms with van der Waals surface area (Å²) in [4.78, 5) is 12.6. The van der Waals surface area contributed by atoms with Crippen LogP contribution in [0, 0.1) is 6.92 Å². The Morgan fingerprint density at radius 3 is 2.45 bits per heavy atom. The molecule has 0 aliphatic carbocycles. The highest BCUT2D eigenvalue weighted by molar-refractivity contribution is 14.0. The Labute approximate surface area is 198 Å². The number of thiophene rings is 1. The highest BCUT2D eigenvalue weighted by Gasteiger charge is 2.39. The number of halogens is 1. The van der Waals surface area contributed by atoms with Crippen LogP contribution < -0.4 is 10.6 Å². The first-order valence-electron chi connectivity index (χ1n) is 11.0. The van der Waals surface area contributed by atoms with Crippen molar-refractivity contribution in [3.8, 4) is 0 Å². The molecule has 2 saturated heterocycles. The zero-order chi connectivity index (χ0) is 20.0. The molecule has 2 aliphatic rings. The van der Waals surface area contributed by atoms with Crippen molar-refractivity contribution < 1.29 is 0 Å². The van der Waals surface area contributed by atoms with Crippen molar-refractivity contribution in [1.82, 2.24) is 20.4 Å². The summed E-state index contributed by atoms with van der Waals surface area (Å²) in [7, 11) is 4.14. The normalized spacial score (nSPS) is 22.0. The quantitative estimate of drug-likeness (QED) is 0.333. The number of rotatable bonds is 6. The summed E-state index contributed by atoms with van der Waals surface area (Å²) in [6.45, 7) is 10.3. The molecule has 3 heterocycles. The van der Waals surface area contributed by atoms with Crippen molar-refractivity contribution in [2.24, 2.45) is 4.99 Å². The molecule has 7 heteroatoms. The third kappa shape index (κ3) is 7.08. The predicted octanol–water partition coefficient (Wildman–Crippen LogP) is 3.72. The number of likely N-dealkylation sites (tertiary alicyclic amines) is 2. The minimum absolute atomic E-state index is 0. The van der Waals surface area contributed by atoms with Crippen molar-refractivity contribution >= 4 is 41.3 Å². The smallest absolute Gasteiger partial charge is 0.191 e. The summed E-state index contributed by atoms with van der Waals surface area (Å²) in [5.41, 5.74) is 0.276. The van der Waals surface area contributed by atoms with E-state index in [-0.39, 0.29) is 29.5 Å². The van der Waals surface area contributed by atoms with Crippen LogP contribution in [0.2, 0.25) is 0 Å². The van der Waals surface area contributed by atoms with E-state index in [9.17, 15) is 0 Å². The van der Waals surface area contributed by atoms with Crippen molar-refractivity contribution in [3.05, 3.63) is 21.9 Å². The van der Waals surface area contributed by atoms with E-state index in [0.29, 0.717) is 6.04 Å². The van der Waals surface area contributed by atoms with Gasteiger partial charge in [-0.25, -0.2) is 0 Å². The molecule has 0 aromatic carbocycles. The van der Waals surface area contributed by atoms with Crippen molar-refractivity contribution in [2.45, 2.75) is 64.0 Å². The third-order valence-corrected chi connectivity index (χ3v) is 7.46. The number of nitrogens with one attached hydrogen (secondary N) is 2. The number of aryl methyl sites for hydroxylation is 1. The minimum Gasteiger partial charge on any atom is -0.355 e. The third-order valence-electron chi connectivity index (χ3n) is 6.44. The molecule has 2 N–H and O–H groups in total. The fourth-order valence-electron chi connectivity index (χ4n) is 4.63. The van der Waals surface area contributed by atoms with Gasteiger partial charge >= 0.3 is 0 Å². The van der Waals surface area contributed by atoms with Crippen LogP contribution >= 0.6 is 35.3 Å². The lowest BCUT2D eigenvalue weighted by molar-refractivity contribution is 0.0173. The molecule has 0 bridgehead atoms. The van der Waals surface area contributed by atoms with E-state index in [2.05, 4.69) is 58.5 Å². The summed E-state index contributed by atoms with van der Waals surface area (Å²) < 4.78 is 0. The lowest BCUT2D eigenvalue weighted by Gasteiger charge is -2.50. The molecule has 29 heavy (non-hydrogen) atoms. The van der Waals surface area contributed by atoms with Gasteiger partial charge in [-0.15, -0.1) is 35.3 Å². The Morgan fingerprint density at radius 2 is 1.86 bits per heavy atom. The number of nitrogens with zero attached hydrogens (tertiary/aromatic N) is 3. The zero-order valence-corrected chi connectivity index (χ0v) is 21.8. The second-order valence-corrected chi connectivity index (χ2v) is 10.1. The molecule has 166 valence electrons. The Hall–Kier alpha value is -0.380. The van der Waals surface area contributed by atoms with Crippen LogP contribution in [-0.2, 0) is 6.42 Å². The Morgan fingerprint density at radius 1 is 1.17 bits per heavy atom. The number of aliphatic imine (C=N–C) groups is 1. The van der Waals surface area contributed by atoms with Gasteiger partial charge in [0.25, 0.3) is 0 Å². The van der Waals surface area contributed by atoms with Gasteiger partial charge in [-0.3, -0.25) is 9.89 Å². The number of piperidine rings is 2. The summed E-state index contributed by atoms with van der Waals surface area (Å²) in [6.07, 6.45) is 7.63. The molecule has 1 aromatic heterocycles. The van der Waals surface area contributed by atoms with E-state index in [0.717, 1.165) is 18.9 Å². The van der Waals surface area contributed by atoms with Crippen molar-refractivity contribution in [3.63, 3.8) is 0 Å². The van der Waals surface area contributed by atoms with Gasteiger partial charge in [0, 0.05) is 41.3 Å². The molecule has 5 nitrogen and oxygen atoms in total. The molecule has 3 rings (SSSR count). The lowest BCUT2D eigenvalue weighted by Crippen LogP contribution is -2.62. The van der Waals surface area contributed by atoms with Crippen LogP contribution in [0.1, 0.15) is 48.8 Å². The van der Waals surface area contributed by atoms with Crippen molar-refractivity contribution in [2.75, 3.05) is 46.8 Å². The Balaban J connectivity index is 0.00000300. The van der Waals surface area contributed by atoms with Gasteiger partial charge in [-0.2, -0.15) is 0 Å². The average molecular weight is 534 g/mol. The van der Waals surface area contributed by atoms with Crippen LogP contribution in [-0.4, -0.2) is 74.2 Å². The first kappa shape index (κ1) is 24.9. The van der Waals surface area contributed by atoms with Gasteiger partial charge < -0.3 is 15.5 Å². The number of hydrogen-bond acceptors (Lipinski definition) is 4. The van der Waals surface area contributed by atoms with Crippen LogP contribution in [0.3, 0.4) is 0 Å². The van der Waals surface area contributed by atoms with Gasteiger partial charge in [0.1, 0.15) is 0 Å². The largest absolute Gasteiger partial charge is 0.355 e. The SMILES string of the molecule is CN=C(NCC1(N2CCCCC2)CCN(C)CC1)NC(C)Cc1ccc(C)s1.I. The fraction of sp³-hybridized carbons (Fsp3) is 0.773. The fourth-order valence-corrected chi connectivity index (χ4v) is 5.65. The molecule has 0 amide bonds. The van der Waals surface area contributed by atoms with Crippen LogP contribution in [0.4, 0.5) is 0 Å². The topological polar surface area (TPSA) is 42.9 Å². The van der Waals surface area contributed by atoms with E-state index < -0.39 is 0 Å². The number of guanidine groups is 1. The Kier molecular flexibility index (Phi) is 10.2. The molecule has 1 unspecified atom stereocenters. The van der Waals surface area contributed by atoms with Crippen molar-refractivity contribution in [1.29, 1.82) is 0 Å². The monoisotopic (exact) mass is 533 g/mol. The second-order valence-electron chi connectivity index (χ2n) is 8.76. The van der Waals surface area contributed by atoms with Gasteiger partial charge in [0.2, 0.25) is 0 Å². The Bertz CT molecular complexity index is 633. The molecule has 1 aromatic rings. The maximum absolute atomic E-state index is 4.52. The predicted molar refractivity (Wildman–Crippen MR) is 137 cm³/mol. The average Bonchev–Trinajstić information content (AvgIpc) is 3.11. The number of hydrogen-bond donors (Lipinski definition) is 2. The summed E-state index contributed by atoms with van der Waals surface area (Å²) >= 11 is 1.89. The van der Waals surface area contributed by atoms with Gasteiger partial charge in [-0.1, -0.05) is 6.42 Å². The lowest BCUT2D eigenvalue weighted by atomic mass is 9.84. The molecule has 2 aliphatic heterocycles. The van der Waals surface area contributed by atoms with E-state index >= 15 is 0 Å². The first-order valence-corrected chi connectivity index (χ1v) is 11.8. The summed E-state index contributed by atoms with van der Waals surface area (Å²) in [5.74, 6) is 0.941. The van der Waals surface area contributed by atoms with Gasteiger partial charge in [0.15, 0.2) is 5.96 Å². The molecular formula is C22H40IN5S. The molecule has 0 saturated carbocycles. The maximum Gasteiger partial charge on any atom is 0.191 e. The standard InChI is InChI=1S/C22H39N5S.HI/c1-18(16-20-9-8-19(2)28-20)25-21(23-3)24-17-22(10-14-26(4)15-11-22)27-12-6-5-7-13-27;/h8-9,18H,5-7,10-17H2,1-4H3,(H2,23,24,25);1H. The van der Waals surface area contributed by atoms with E-state index in [1.165, 1.54) is 68.0 Å². The molecule has 0 radical (unpaired) electrons. The van der Waals surface area contributed by atoms with Gasteiger partial charge in [-0.05, 0) is 84.9 Å². The van der Waals surface area contributed by atoms with Crippen LogP contribution in [0.25, 0.3) is 0 Å². The minimum atomic E-state index is 0. The zero-order valence-electron chi connectivity index (χ0n) is 18.7. The van der Waals surface area contributed by atoms with Crippen LogP contribution in [0.5, 0.6) is 0 Å².